The van der Waals surface area contributed by atoms with Gasteiger partial charge in [-0.15, -0.1) is 22.7 Å². The van der Waals surface area contributed by atoms with E-state index in [1.165, 1.54) is 20.7 Å². The van der Waals surface area contributed by atoms with Gasteiger partial charge in [-0.25, -0.2) is 0 Å². The van der Waals surface area contributed by atoms with Crippen molar-refractivity contribution in [3.05, 3.63) is 22.4 Å². The van der Waals surface area contributed by atoms with Crippen LogP contribution in [0.2, 0.25) is 0 Å². The topological polar surface area (TPSA) is 12.0 Å². The molecular weight excluding hydrogens is 234 g/mol. The summed E-state index contributed by atoms with van der Waals surface area (Å²) in [6.07, 6.45) is 1.22. The molecule has 0 aliphatic heterocycles. The van der Waals surface area contributed by atoms with E-state index in [-0.39, 0.29) is 0 Å². The second kappa shape index (κ2) is 5.30. The van der Waals surface area contributed by atoms with Crippen LogP contribution in [0.15, 0.2) is 17.5 Å². The Bertz CT molecular complexity index is 413. The predicted octanol–water partition coefficient (Wildman–Crippen LogP) is 4.66. The highest BCUT2D eigenvalue weighted by Crippen LogP contribution is 2.35. The standard InChI is InChI=1S/C13H19NS2/c1-4-14-10(7-9(2)3)12-8-13-11(16-12)5-6-15-13/h5-6,8-10,14H,4,7H2,1-3H3. The van der Waals surface area contributed by atoms with Crippen LogP contribution < -0.4 is 5.32 Å². The van der Waals surface area contributed by atoms with E-state index in [9.17, 15) is 0 Å². The van der Waals surface area contributed by atoms with Crippen LogP contribution in [0.3, 0.4) is 0 Å². The number of hydrogen-bond acceptors (Lipinski definition) is 3. The molecule has 2 aromatic rings. The fourth-order valence-corrected chi connectivity index (χ4v) is 4.18. The fraction of sp³-hybridized carbons (Fsp3) is 0.538. The molecule has 0 aliphatic carbocycles. The van der Waals surface area contributed by atoms with Gasteiger partial charge in [0.15, 0.2) is 0 Å². The van der Waals surface area contributed by atoms with Gasteiger partial charge in [-0.2, -0.15) is 0 Å². The molecule has 0 bridgehead atoms. The third kappa shape index (κ3) is 2.65. The van der Waals surface area contributed by atoms with Gasteiger partial charge in [0.1, 0.15) is 0 Å². The maximum atomic E-state index is 3.60. The lowest BCUT2D eigenvalue weighted by Gasteiger charge is -2.18. The average Bonchev–Trinajstić information content (AvgIpc) is 2.74. The average molecular weight is 253 g/mol. The maximum Gasteiger partial charge on any atom is 0.0454 e. The van der Waals surface area contributed by atoms with Crippen molar-refractivity contribution in [2.24, 2.45) is 5.92 Å². The van der Waals surface area contributed by atoms with Crippen LogP contribution in [0, 0.1) is 5.92 Å². The Hall–Kier alpha value is -0.380. The molecule has 2 aromatic heterocycles. The first-order valence-electron chi connectivity index (χ1n) is 5.91. The SMILES string of the molecule is CCNC(CC(C)C)c1cc2sccc2s1. The van der Waals surface area contributed by atoms with E-state index in [2.05, 4.69) is 43.6 Å². The van der Waals surface area contributed by atoms with Crippen LogP contribution in [0.4, 0.5) is 0 Å². The highest BCUT2D eigenvalue weighted by molar-refractivity contribution is 7.26. The molecule has 1 atom stereocenters. The lowest BCUT2D eigenvalue weighted by atomic mass is 10.0. The van der Waals surface area contributed by atoms with Crippen molar-refractivity contribution in [3.63, 3.8) is 0 Å². The zero-order valence-electron chi connectivity index (χ0n) is 10.1. The van der Waals surface area contributed by atoms with Gasteiger partial charge in [-0.1, -0.05) is 20.8 Å². The lowest BCUT2D eigenvalue weighted by Crippen LogP contribution is -2.21. The molecule has 88 valence electrons. The third-order valence-corrected chi connectivity index (χ3v) is 4.87. The molecule has 0 aromatic carbocycles. The number of hydrogen-bond donors (Lipinski definition) is 1. The molecule has 3 heteroatoms. The molecular formula is C13H19NS2. The predicted molar refractivity (Wildman–Crippen MR) is 75.6 cm³/mol. The van der Waals surface area contributed by atoms with Gasteiger partial charge in [-0.3, -0.25) is 0 Å². The number of thiophene rings is 2. The summed E-state index contributed by atoms with van der Waals surface area (Å²) in [4.78, 5) is 1.50. The van der Waals surface area contributed by atoms with Gasteiger partial charge >= 0.3 is 0 Å². The molecule has 0 radical (unpaired) electrons. The second-order valence-corrected chi connectivity index (χ2v) is 6.60. The number of nitrogens with one attached hydrogen (secondary N) is 1. The largest absolute Gasteiger partial charge is 0.310 e. The lowest BCUT2D eigenvalue weighted by molar-refractivity contribution is 0.444. The van der Waals surface area contributed by atoms with Gasteiger partial charge in [0.25, 0.3) is 0 Å². The van der Waals surface area contributed by atoms with Gasteiger partial charge in [0, 0.05) is 20.3 Å². The summed E-state index contributed by atoms with van der Waals surface area (Å²) < 4.78 is 2.87. The maximum absolute atomic E-state index is 3.60. The zero-order chi connectivity index (χ0) is 11.5. The normalized spacial score (nSPS) is 13.8. The highest BCUT2D eigenvalue weighted by atomic mass is 32.1. The fourth-order valence-electron chi connectivity index (χ4n) is 1.97. The van der Waals surface area contributed by atoms with Crippen molar-refractivity contribution in [1.29, 1.82) is 0 Å². The zero-order valence-corrected chi connectivity index (χ0v) is 11.8. The van der Waals surface area contributed by atoms with Crippen LogP contribution in [0.5, 0.6) is 0 Å². The Balaban J connectivity index is 2.21. The van der Waals surface area contributed by atoms with Crippen molar-refractivity contribution in [1.82, 2.24) is 5.32 Å². The molecule has 0 saturated heterocycles. The molecule has 2 heterocycles. The second-order valence-electron chi connectivity index (χ2n) is 4.54. The van der Waals surface area contributed by atoms with Crippen molar-refractivity contribution < 1.29 is 0 Å². The quantitative estimate of drug-likeness (QED) is 0.817. The summed E-state index contributed by atoms with van der Waals surface area (Å²) in [7, 11) is 0. The van der Waals surface area contributed by atoms with Gasteiger partial charge in [-0.05, 0) is 36.4 Å². The molecule has 1 unspecified atom stereocenters. The first kappa shape index (κ1) is 12.1. The number of fused-ring (bicyclic) bond motifs is 1. The third-order valence-electron chi connectivity index (χ3n) is 2.66. The van der Waals surface area contributed by atoms with Crippen molar-refractivity contribution in [2.45, 2.75) is 33.2 Å². The molecule has 16 heavy (non-hydrogen) atoms. The highest BCUT2D eigenvalue weighted by Gasteiger charge is 2.15. The van der Waals surface area contributed by atoms with Gasteiger partial charge in [0.2, 0.25) is 0 Å². The minimum absolute atomic E-state index is 0.537. The first-order valence-corrected chi connectivity index (χ1v) is 7.60. The minimum Gasteiger partial charge on any atom is -0.310 e. The molecule has 0 spiro atoms. The molecule has 1 N–H and O–H groups in total. The summed E-state index contributed by atoms with van der Waals surface area (Å²) in [6.45, 7) is 7.81. The summed E-state index contributed by atoms with van der Waals surface area (Å²) >= 11 is 3.79. The number of rotatable bonds is 5. The van der Waals surface area contributed by atoms with Crippen molar-refractivity contribution >= 4 is 32.1 Å². The summed E-state index contributed by atoms with van der Waals surface area (Å²) in [6, 6.07) is 5.13. The Kier molecular flexibility index (Phi) is 4.00. The summed E-state index contributed by atoms with van der Waals surface area (Å²) in [5.74, 6) is 0.740. The van der Waals surface area contributed by atoms with Crippen LogP contribution in [0.25, 0.3) is 9.40 Å². The minimum atomic E-state index is 0.537. The van der Waals surface area contributed by atoms with Gasteiger partial charge < -0.3 is 5.32 Å². The van der Waals surface area contributed by atoms with E-state index in [1.54, 1.807) is 0 Å². The van der Waals surface area contributed by atoms with Crippen molar-refractivity contribution in [2.75, 3.05) is 6.54 Å². The molecule has 0 saturated carbocycles. The van der Waals surface area contributed by atoms with E-state index in [1.807, 2.05) is 22.7 Å². The smallest absolute Gasteiger partial charge is 0.0454 e. The summed E-state index contributed by atoms with van der Waals surface area (Å²) in [5, 5.41) is 5.77. The first-order chi connectivity index (χ1) is 7.70. The van der Waals surface area contributed by atoms with Crippen LogP contribution in [-0.2, 0) is 0 Å². The Morgan fingerprint density at radius 3 is 2.75 bits per heavy atom. The molecule has 0 fully saturated rings. The van der Waals surface area contributed by atoms with E-state index in [0.29, 0.717) is 6.04 Å². The Labute approximate surface area is 105 Å². The van der Waals surface area contributed by atoms with Crippen LogP contribution >= 0.6 is 22.7 Å². The summed E-state index contributed by atoms with van der Waals surface area (Å²) in [5.41, 5.74) is 0. The molecule has 0 aliphatic rings. The van der Waals surface area contributed by atoms with Crippen molar-refractivity contribution in [3.8, 4) is 0 Å². The molecule has 2 rings (SSSR count). The van der Waals surface area contributed by atoms with E-state index in [0.717, 1.165) is 12.5 Å². The van der Waals surface area contributed by atoms with Gasteiger partial charge in [0.05, 0.1) is 0 Å². The van der Waals surface area contributed by atoms with Crippen LogP contribution in [-0.4, -0.2) is 6.54 Å². The van der Waals surface area contributed by atoms with E-state index in [4.69, 9.17) is 0 Å². The monoisotopic (exact) mass is 253 g/mol. The molecule has 1 nitrogen and oxygen atoms in total. The molecule has 0 amide bonds. The Morgan fingerprint density at radius 2 is 2.12 bits per heavy atom. The van der Waals surface area contributed by atoms with E-state index < -0.39 is 0 Å². The van der Waals surface area contributed by atoms with E-state index >= 15 is 0 Å². The Morgan fingerprint density at radius 1 is 1.31 bits per heavy atom. The van der Waals surface area contributed by atoms with Crippen LogP contribution in [0.1, 0.15) is 38.1 Å².